The highest BCUT2D eigenvalue weighted by atomic mass is 16.5. The lowest BCUT2D eigenvalue weighted by Gasteiger charge is -2.24. The number of Topliss-reactive ketones (excluding diaryl/α,β-unsaturated/α-hetero) is 1. The third-order valence-corrected chi connectivity index (χ3v) is 5.00. The van der Waals surface area contributed by atoms with Crippen molar-refractivity contribution in [2.75, 3.05) is 12.0 Å². The quantitative estimate of drug-likeness (QED) is 0.410. The first kappa shape index (κ1) is 18.6. The third kappa shape index (κ3) is 3.08. The van der Waals surface area contributed by atoms with Crippen LogP contribution in [0.3, 0.4) is 0 Å². The maximum absolute atomic E-state index is 13.0. The van der Waals surface area contributed by atoms with Crippen LogP contribution >= 0.6 is 0 Å². The van der Waals surface area contributed by atoms with Gasteiger partial charge in [0.1, 0.15) is 23.3 Å². The van der Waals surface area contributed by atoms with E-state index in [-0.39, 0.29) is 11.3 Å². The highest BCUT2D eigenvalue weighted by molar-refractivity contribution is 6.51. The van der Waals surface area contributed by atoms with Crippen molar-refractivity contribution in [3.05, 3.63) is 89.4 Å². The second kappa shape index (κ2) is 7.31. The zero-order valence-electron chi connectivity index (χ0n) is 16.0. The van der Waals surface area contributed by atoms with Gasteiger partial charge in [-0.3, -0.25) is 14.5 Å². The lowest BCUT2D eigenvalue weighted by atomic mass is 9.99. The Morgan fingerprint density at radius 1 is 1.03 bits per heavy atom. The van der Waals surface area contributed by atoms with E-state index in [2.05, 4.69) is 0 Å². The average molecular weight is 389 g/mol. The van der Waals surface area contributed by atoms with E-state index in [0.717, 1.165) is 5.56 Å². The first-order valence-electron chi connectivity index (χ1n) is 9.07. The van der Waals surface area contributed by atoms with Crippen molar-refractivity contribution in [1.82, 2.24) is 0 Å². The summed E-state index contributed by atoms with van der Waals surface area (Å²) in [5.74, 6) is -0.728. The standard InChI is InChI=1S/C23H19NO5/c1-14-6-3-4-7-17(14)24-20(18-8-5-13-29-18)19(22(26)23(24)27)21(25)15-9-11-16(28-2)12-10-15/h3-13,20,25H,1-2H3/b21-19-. The molecule has 1 amide bonds. The molecule has 29 heavy (non-hydrogen) atoms. The van der Waals surface area contributed by atoms with Gasteiger partial charge >= 0.3 is 0 Å². The van der Waals surface area contributed by atoms with Crippen LogP contribution in [0.15, 0.2) is 76.9 Å². The normalized spacial score (nSPS) is 18.3. The second-order valence-electron chi connectivity index (χ2n) is 6.70. The summed E-state index contributed by atoms with van der Waals surface area (Å²) in [7, 11) is 1.54. The Morgan fingerprint density at radius 2 is 1.76 bits per heavy atom. The van der Waals surface area contributed by atoms with Gasteiger partial charge in [0.25, 0.3) is 11.7 Å². The fourth-order valence-electron chi connectivity index (χ4n) is 3.54. The largest absolute Gasteiger partial charge is 0.507 e. The van der Waals surface area contributed by atoms with Crippen LogP contribution in [-0.2, 0) is 9.59 Å². The summed E-state index contributed by atoms with van der Waals surface area (Å²) >= 11 is 0. The van der Waals surface area contributed by atoms with Crippen LogP contribution in [0, 0.1) is 6.92 Å². The Bertz CT molecular complexity index is 1100. The van der Waals surface area contributed by atoms with Crippen LogP contribution in [0.5, 0.6) is 5.75 Å². The van der Waals surface area contributed by atoms with Crippen molar-refractivity contribution < 1.29 is 23.8 Å². The minimum atomic E-state index is -0.867. The second-order valence-corrected chi connectivity index (χ2v) is 6.70. The molecule has 0 radical (unpaired) electrons. The van der Waals surface area contributed by atoms with Crippen LogP contribution in [0.1, 0.15) is 22.9 Å². The van der Waals surface area contributed by atoms with E-state index in [1.807, 2.05) is 19.1 Å². The first-order valence-corrected chi connectivity index (χ1v) is 9.07. The predicted octanol–water partition coefficient (Wildman–Crippen LogP) is 4.22. The summed E-state index contributed by atoms with van der Waals surface area (Å²) in [6, 6.07) is 16.4. The molecule has 1 unspecified atom stereocenters. The van der Waals surface area contributed by atoms with Crippen LogP contribution in [-0.4, -0.2) is 23.9 Å². The minimum Gasteiger partial charge on any atom is -0.507 e. The molecule has 6 nitrogen and oxygen atoms in total. The number of anilines is 1. The van der Waals surface area contributed by atoms with Crippen molar-refractivity contribution >= 4 is 23.1 Å². The van der Waals surface area contributed by atoms with E-state index in [4.69, 9.17) is 9.15 Å². The molecule has 0 aliphatic carbocycles. The molecule has 0 spiro atoms. The number of rotatable bonds is 4. The number of ketones is 1. The van der Waals surface area contributed by atoms with Crippen LogP contribution in [0.25, 0.3) is 5.76 Å². The van der Waals surface area contributed by atoms with Crippen molar-refractivity contribution in [3.8, 4) is 5.75 Å². The molecule has 3 aromatic rings. The molecule has 1 fully saturated rings. The van der Waals surface area contributed by atoms with Gasteiger partial charge in [0.2, 0.25) is 0 Å². The Balaban J connectivity index is 1.91. The maximum Gasteiger partial charge on any atom is 0.300 e. The van der Waals surface area contributed by atoms with E-state index in [0.29, 0.717) is 22.8 Å². The molecule has 1 aromatic heterocycles. The molecule has 1 N–H and O–H groups in total. The molecular weight excluding hydrogens is 370 g/mol. The highest BCUT2D eigenvalue weighted by Crippen LogP contribution is 2.43. The molecule has 4 rings (SSSR count). The summed E-state index contributed by atoms with van der Waals surface area (Å²) in [5.41, 5.74) is 1.81. The van der Waals surface area contributed by atoms with Gasteiger partial charge in [-0.25, -0.2) is 0 Å². The van der Waals surface area contributed by atoms with Gasteiger partial charge in [0.05, 0.1) is 18.9 Å². The minimum absolute atomic E-state index is 0.0154. The van der Waals surface area contributed by atoms with Gasteiger partial charge in [-0.05, 0) is 55.0 Å². The van der Waals surface area contributed by atoms with Gasteiger partial charge in [0, 0.05) is 11.3 Å². The van der Waals surface area contributed by atoms with Gasteiger partial charge in [0.15, 0.2) is 0 Å². The van der Waals surface area contributed by atoms with Gasteiger partial charge in [-0.1, -0.05) is 18.2 Å². The van der Waals surface area contributed by atoms with E-state index >= 15 is 0 Å². The highest BCUT2D eigenvalue weighted by Gasteiger charge is 2.48. The lowest BCUT2D eigenvalue weighted by Crippen LogP contribution is -2.29. The van der Waals surface area contributed by atoms with Gasteiger partial charge < -0.3 is 14.3 Å². The fraction of sp³-hybridized carbons (Fsp3) is 0.130. The zero-order chi connectivity index (χ0) is 20.5. The number of aliphatic hydroxyl groups is 1. The average Bonchev–Trinajstić information content (AvgIpc) is 3.35. The summed E-state index contributed by atoms with van der Waals surface area (Å²) in [6.45, 7) is 1.86. The number of aliphatic hydroxyl groups excluding tert-OH is 1. The smallest absolute Gasteiger partial charge is 0.300 e. The number of ether oxygens (including phenoxy) is 1. The van der Waals surface area contributed by atoms with Crippen molar-refractivity contribution in [2.45, 2.75) is 13.0 Å². The summed E-state index contributed by atoms with van der Waals surface area (Å²) in [5, 5.41) is 11.0. The Hall–Kier alpha value is -3.80. The number of amides is 1. The number of methoxy groups -OCH3 is 1. The molecule has 1 aliphatic heterocycles. The third-order valence-electron chi connectivity index (χ3n) is 5.00. The van der Waals surface area contributed by atoms with E-state index in [1.54, 1.807) is 55.6 Å². The number of carbonyl (C=O) groups is 2. The Kier molecular flexibility index (Phi) is 4.68. The molecule has 6 heteroatoms. The number of nitrogens with zero attached hydrogens (tertiary/aromatic N) is 1. The van der Waals surface area contributed by atoms with Crippen LogP contribution < -0.4 is 9.64 Å². The summed E-state index contributed by atoms with van der Waals surface area (Å²) in [4.78, 5) is 27.3. The predicted molar refractivity (Wildman–Crippen MR) is 108 cm³/mol. The van der Waals surface area contributed by atoms with Gasteiger partial charge in [-0.2, -0.15) is 0 Å². The Labute approximate surface area is 167 Å². The van der Waals surface area contributed by atoms with Crippen molar-refractivity contribution in [3.63, 3.8) is 0 Å². The topological polar surface area (TPSA) is 80.0 Å². The van der Waals surface area contributed by atoms with Crippen LogP contribution in [0.4, 0.5) is 5.69 Å². The molecule has 0 bridgehead atoms. The number of para-hydroxylation sites is 1. The number of aryl methyl sites for hydroxylation is 1. The molecule has 1 aliphatic rings. The fourth-order valence-corrected chi connectivity index (χ4v) is 3.54. The van der Waals surface area contributed by atoms with Crippen molar-refractivity contribution in [1.29, 1.82) is 0 Å². The van der Waals surface area contributed by atoms with E-state index in [9.17, 15) is 14.7 Å². The molecule has 1 saturated heterocycles. The molecule has 2 aromatic carbocycles. The molecule has 1 atom stereocenters. The molecule has 146 valence electrons. The molecule has 0 saturated carbocycles. The van der Waals surface area contributed by atoms with Crippen LogP contribution in [0.2, 0.25) is 0 Å². The SMILES string of the molecule is COc1ccc(/C(O)=C2/C(=O)C(=O)N(c3ccccc3C)C2c2ccco2)cc1. The van der Waals surface area contributed by atoms with Crippen molar-refractivity contribution in [2.24, 2.45) is 0 Å². The number of hydrogen-bond donors (Lipinski definition) is 1. The van der Waals surface area contributed by atoms with Gasteiger partial charge in [-0.15, -0.1) is 0 Å². The number of hydrogen-bond acceptors (Lipinski definition) is 5. The number of benzene rings is 2. The summed E-state index contributed by atoms with van der Waals surface area (Å²) in [6.07, 6.45) is 1.47. The first-order chi connectivity index (χ1) is 14.0. The number of furan rings is 1. The van der Waals surface area contributed by atoms with E-state index in [1.165, 1.54) is 11.2 Å². The summed E-state index contributed by atoms with van der Waals surface area (Å²) < 4.78 is 10.7. The molecular formula is C23H19NO5. The zero-order valence-corrected chi connectivity index (χ0v) is 16.0. The monoisotopic (exact) mass is 389 g/mol. The number of carbonyl (C=O) groups excluding carboxylic acids is 2. The lowest BCUT2D eigenvalue weighted by molar-refractivity contribution is -0.132. The maximum atomic E-state index is 13.0. The van der Waals surface area contributed by atoms with E-state index < -0.39 is 17.7 Å². The Morgan fingerprint density at radius 3 is 2.38 bits per heavy atom. The molecule has 2 heterocycles.